The number of carboxylic acid groups (broad SMARTS) is 9. The van der Waals surface area contributed by atoms with Gasteiger partial charge >= 0.3 is 134 Å². The molecule has 9 N–H and O–H groups in total. The van der Waals surface area contributed by atoms with Gasteiger partial charge in [0.15, 0.2) is 0 Å². The molecule has 32 heteroatoms. The van der Waals surface area contributed by atoms with Crippen LogP contribution in [-0.2, 0) is 88.4 Å². The third-order valence-corrected chi connectivity index (χ3v) is 13.9. The summed E-state index contributed by atoms with van der Waals surface area (Å²) in [7, 11) is 0. The Bertz CT molecular complexity index is 2480. The van der Waals surface area contributed by atoms with Crippen molar-refractivity contribution in [2.24, 2.45) is 0 Å². The van der Waals surface area contributed by atoms with E-state index in [0.29, 0.717) is 35.6 Å². The van der Waals surface area contributed by atoms with Crippen LogP contribution >= 0.6 is 0 Å². The average molecular weight is 1490 g/mol. The number of ether oxygens (including phenoxy) is 2. The normalized spacial score (nSPS) is 17.1. The number of carbonyl (C=O) groups excluding carboxylic acids is 2. The standard InChI is InChI=1S/C26H36N4O12.C26H38N4O10.CH4.2Gd/c31-16-42-13-8-21(26(40)41)30-12-10-28(19(24(36)37)4-6-22(32)33)9-11-29(20(25(38)39)5-7-23(34)35)14-17-2-1-3-18(15-30)27-17;1-2-4-20(24(34)35)29-12-10-28(21(25(36)37)7-8-23(32)33)11-13-30(22(26(38)39)9-14-40-17-31)16-19-6-3-5-18(15-29)27-19;;;/h1-3,16,19-21H,4-15H2,(H,32,33)(H,34,35)(H,36,37)(H,38,39)(H,40,41);3,5-6,17,20-22H,2,4,7-16H2,1H3,(H,32,33)(H,34,35)(H,36,37)(H,38,39);1H4;;/q;;;2*+3/t19-,20-,21-;20-,21-,22-;;;/m01.../s1. The van der Waals surface area contributed by atoms with E-state index >= 15 is 0 Å². The smallest absolute Gasteiger partial charge is 0.481 e. The van der Waals surface area contributed by atoms with Crippen molar-refractivity contribution in [1.82, 2.24) is 39.4 Å². The van der Waals surface area contributed by atoms with Crippen LogP contribution in [0.4, 0.5) is 0 Å². The fraction of sp³-hybridized carbons (Fsp3) is 0.604. The van der Waals surface area contributed by atoms with Gasteiger partial charge in [-0.05, 0) is 49.9 Å². The fourth-order valence-electron chi connectivity index (χ4n) is 9.78. The van der Waals surface area contributed by atoms with Gasteiger partial charge in [-0.25, -0.2) is 0 Å². The molecule has 2 aromatic heterocycles. The van der Waals surface area contributed by atoms with Gasteiger partial charge in [0.2, 0.25) is 0 Å². The van der Waals surface area contributed by atoms with E-state index < -0.39 is 103 Å². The van der Waals surface area contributed by atoms with Crippen molar-refractivity contribution in [3.05, 3.63) is 59.2 Å². The third-order valence-electron chi connectivity index (χ3n) is 13.9. The molecule has 4 rings (SSSR count). The maximum atomic E-state index is 12.2. The summed E-state index contributed by atoms with van der Waals surface area (Å²) < 4.78 is 9.42. The van der Waals surface area contributed by atoms with E-state index in [2.05, 4.69) is 9.97 Å². The SMILES string of the molecule is C.CCC[C@H](C(=O)O)N1CCN([C@H](CCC(=O)O)C(=O)O)CCN([C@H](CCOC=O)C(=O)O)Cc2cccc(n2)C1.O=COCC[C@@H](C(=O)O)N1CCN([C@@H](CCC(=O)O)C(=O)O)CCN([C@@H](CCC(=O)O)C(=O)O)Cc2cccc(n2)C1.[Gd+3].[Gd+3]. The van der Waals surface area contributed by atoms with Gasteiger partial charge in [0.05, 0.1) is 36.0 Å². The van der Waals surface area contributed by atoms with E-state index in [-0.39, 0.29) is 231 Å². The summed E-state index contributed by atoms with van der Waals surface area (Å²) >= 11 is 0. The van der Waals surface area contributed by atoms with Gasteiger partial charge in [0.25, 0.3) is 12.9 Å². The molecule has 6 atom stereocenters. The minimum atomic E-state index is -1.30. The van der Waals surface area contributed by atoms with Gasteiger partial charge in [-0.2, -0.15) is 0 Å². The number of pyridine rings is 2. The number of aromatic nitrogens is 2. The number of carboxylic acids is 9. The zero-order valence-electron chi connectivity index (χ0n) is 46.2. The molecule has 2 radical (unpaired) electrons. The second-order valence-electron chi connectivity index (χ2n) is 19.4. The quantitative estimate of drug-likeness (QED) is 0.0374. The minimum Gasteiger partial charge on any atom is -0.481 e. The molecular weight excluding hydrogens is 1420 g/mol. The first-order chi connectivity index (χ1) is 39.0. The molecule has 2 aliphatic rings. The van der Waals surface area contributed by atoms with Crippen molar-refractivity contribution in [1.29, 1.82) is 0 Å². The zero-order valence-corrected chi connectivity index (χ0v) is 50.7. The molecule has 0 unspecified atom stereocenters. The largest absolute Gasteiger partial charge is 3.00 e. The van der Waals surface area contributed by atoms with E-state index in [9.17, 15) is 93.6 Å². The Morgan fingerprint density at radius 3 is 0.859 bits per heavy atom. The Morgan fingerprint density at radius 1 is 0.412 bits per heavy atom. The Labute approximate surface area is 555 Å². The van der Waals surface area contributed by atoms with E-state index in [1.807, 2.05) is 6.92 Å². The van der Waals surface area contributed by atoms with Gasteiger partial charge in [-0.3, -0.25) is 92.1 Å². The Hall–Kier alpha value is -5.12. The summed E-state index contributed by atoms with van der Waals surface area (Å²) in [4.78, 5) is 147. The van der Waals surface area contributed by atoms with Crippen molar-refractivity contribution in [3.63, 3.8) is 0 Å². The minimum absolute atomic E-state index is 0. The fourth-order valence-corrected chi connectivity index (χ4v) is 9.78. The summed E-state index contributed by atoms with van der Waals surface area (Å²) in [6, 6.07) is 3.45. The van der Waals surface area contributed by atoms with Gasteiger partial charge < -0.3 is 55.4 Å². The van der Waals surface area contributed by atoms with E-state index in [1.54, 1.807) is 56.0 Å². The summed E-state index contributed by atoms with van der Waals surface area (Å²) in [5.41, 5.74) is 1.98. The molecule has 4 heterocycles. The third kappa shape index (κ3) is 29.0. The van der Waals surface area contributed by atoms with Crippen LogP contribution in [0.1, 0.15) is 101 Å². The maximum Gasteiger partial charge on any atom is 3.00 e. The molecule has 0 fully saturated rings. The van der Waals surface area contributed by atoms with Crippen LogP contribution in [0.15, 0.2) is 36.4 Å². The summed E-state index contributed by atoms with van der Waals surface area (Å²) in [5, 5.41) is 87.2. The predicted octanol–water partition coefficient (Wildman–Crippen LogP) is 0.878. The van der Waals surface area contributed by atoms with E-state index in [4.69, 9.17) is 14.6 Å². The van der Waals surface area contributed by atoms with Crippen molar-refractivity contribution < 1.29 is 188 Å². The average Bonchev–Trinajstić information content (AvgIpc) is 3.55. The summed E-state index contributed by atoms with van der Waals surface area (Å²) in [6.07, 6.45) is -1.01. The zero-order chi connectivity index (χ0) is 60.9. The molecule has 472 valence electrons. The Balaban J connectivity index is 0.00000161. The van der Waals surface area contributed by atoms with Crippen LogP contribution in [0.25, 0.3) is 0 Å². The Morgan fingerprint density at radius 2 is 0.635 bits per heavy atom. The number of carbonyl (C=O) groups is 11. The van der Waals surface area contributed by atoms with Crippen molar-refractivity contribution in [2.45, 2.75) is 141 Å². The molecule has 85 heavy (non-hydrogen) atoms. The van der Waals surface area contributed by atoms with Gasteiger partial charge in [0, 0.05) is 111 Å². The van der Waals surface area contributed by atoms with Crippen LogP contribution < -0.4 is 0 Å². The Kier molecular flexibility index (Phi) is 40.1. The number of hydrogen-bond acceptors (Lipinski definition) is 21. The number of nitrogens with zero attached hydrogens (tertiary/aromatic N) is 8. The van der Waals surface area contributed by atoms with Crippen LogP contribution in [0.5, 0.6) is 0 Å². The van der Waals surface area contributed by atoms with Crippen LogP contribution in [-0.4, -0.2) is 254 Å². The number of rotatable bonds is 31. The number of hydrogen-bond donors (Lipinski definition) is 9. The molecule has 2 aromatic rings. The summed E-state index contributed by atoms with van der Waals surface area (Å²) in [6.45, 7) is 2.53. The van der Waals surface area contributed by atoms with E-state index in [1.165, 1.54) is 9.80 Å². The number of aliphatic carboxylic acids is 9. The molecule has 0 spiro atoms. The topological polar surface area (TPSA) is 434 Å². The molecule has 0 aromatic carbocycles. The molecule has 0 saturated heterocycles. The first-order valence-electron chi connectivity index (χ1n) is 26.5. The van der Waals surface area contributed by atoms with Crippen molar-refractivity contribution in [2.75, 3.05) is 65.6 Å². The van der Waals surface area contributed by atoms with Crippen LogP contribution in [0.2, 0.25) is 0 Å². The van der Waals surface area contributed by atoms with Crippen LogP contribution in [0.3, 0.4) is 0 Å². The second-order valence-corrected chi connectivity index (χ2v) is 19.4. The molecule has 2 aliphatic heterocycles. The van der Waals surface area contributed by atoms with Crippen molar-refractivity contribution >= 4 is 66.7 Å². The second kappa shape index (κ2) is 42.7. The van der Waals surface area contributed by atoms with Gasteiger partial charge in [-0.1, -0.05) is 32.9 Å². The van der Waals surface area contributed by atoms with Gasteiger partial charge in [-0.15, -0.1) is 0 Å². The van der Waals surface area contributed by atoms with Crippen molar-refractivity contribution in [3.8, 4) is 0 Å². The van der Waals surface area contributed by atoms with E-state index in [0.717, 1.165) is 0 Å². The molecule has 0 saturated carbocycles. The molecular formula is C53H78Gd2N8O22+6. The molecule has 0 amide bonds. The monoisotopic (exact) mass is 1490 g/mol. The maximum absolute atomic E-state index is 12.2. The molecule has 30 nitrogen and oxygen atoms in total. The van der Waals surface area contributed by atoms with Gasteiger partial charge in [0.1, 0.15) is 36.3 Å². The molecule has 0 aliphatic carbocycles. The summed E-state index contributed by atoms with van der Waals surface area (Å²) in [5.74, 6) is -10.7. The van der Waals surface area contributed by atoms with Crippen LogP contribution in [0, 0.1) is 79.9 Å². The predicted molar refractivity (Wildman–Crippen MR) is 287 cm³/mol. The first-order valence-corrected chi connectivity index (χ1v) is 26.5. The number of fused-ring (bicyclic) bond motifs is 4. The molecule has 4 bridgehead atoms. The first kappa shape index (κ1) is 79.9.